The van der Waals surface area contributed by atoms with Crippen LogP contribution in [0.2, 0.25) is 0 Å². The minimum absolute atomic E-state index is 0.428. The molecule has 0 aromatic heterocycles. The van der Waals surface area contributed by atoms with Crippen LogP contribution in [0.25, 0.3) is 0 Å². The van der Waals surface area contributed by atoms with Crippen molar-refractivity contribution in [1.29, 1.82) is 5.26 Å². The van der Waals surface area contributed by atoms with Gasteiger partial charge in [-0.3, -0.25) is 0 Å². The minimum atomic E-state index is 0.428. The molecule has 10 heavy (non-hydrogen) atoms. The maximum Gasteiger partial charge on any atom is 0.0658 e. The Morgan fingerprint density at radius 3 is 2.80 bits per heavy atom. The molecule has 0 radical (unpaired) electrons. The number of hydrogen-bond acceptors (Lipinski definition) is 1. The van der Waals surface area contributed by atoms with Crippen LogP contribution in [0.15, 0.2) is 0 Å². The van der Waals surface area contributed by atoms with Gasteiger partial charge in [0, 0.05) is 5.92 Å². The van der Waals surface area contributed by atoms with Crippen molar-refractivity contribution in [2.24, 2.45) is 11.8 Å². The SMILES string of the molecule is CCCCCC1CC1C#N. The van der Waals surface area contributed by atoms with Crippen molar-refractivity contribution in [3.8, 4) is 6.07 Å². The van der Waals surface area contributed by atoms with Gasteiger partial charge in [0.1, 0.15) is 0 Å². The predicted octanol–water partition coefficient (Wildman–Crippen LogP) is 2.73. The summed E-state index contributed by atoms with van der Waals surface area (Å²) >= 11 is 0. The monoisotopic (exact) mass is 137 g/mol. The van der Waals surface area contributed by atoms with Crippen LogP contribution < -0.4 is 0 Å². The first kappa shape index (κ1) is 7.60. The average Bonchev–Trinajstić information content (AvgIpc) is 2.68. The number of hydrogen-bond donors (Lipinski definition) is 0. The Morgan fingerprint density at radius 2 is 2.30 bits per heavy atom. The molecule has 0 bridgehead atoms. The molecule has 0 spiro atoms. The van der Waals surface area contributed by atoms with Gasteiger partial charge in [-0.1, -0.05) is 26.2 Å². The third-order valence-electron chi connectivity index (χ3n) is 2.27. The molecule has 1 saturated carbocycles. The average molecular weight is 137 g/mol. The molecule has 1 nitrogen and oxygen atoms in total. The van der Waals surface area contributed by atoms with Crippen molar-refractivity contribution in [1.82, 2.24) is 0 Å². The van der Waals surface area contributed by atoms with Crippen LogP contribution in [-0.2, 0) is 0 Å². The Morgan fingerprint density at radius 1 is 1.50 bits per heavy atom. The van der Waals surface area contributed by atoms with Gasteiger partial charge in [-0.2, -0.15) is 5.26 Å². The van der Waals surface area contributed by atoms with E-state index in [1.165, 1.54) is 32.1 Å². The normalized spacial score (nSPS) is 29.6. The second-order valence-electron chi connectivity index (χ2n) is 3.23. The molecule has 0 N–H and O–H groups in total. The minimum Gasteiger partial charge on any atom is -0.198 e. The first-order valence-electron chi connectivity index (χ1n) is 4.28. The van der Waals surface area contributed by atoms with E-state index in [1.54, 1.807) is 0 Å². The van der Waals surface area contributed by atoms with Crippen LogP contribution in [0, 0.1) is 23.2 Å². The van der Waals surface area contributed by atoms with Crippen LogP contribution in [-0.4, -0.2) is 0 Å². The standard InChI is InChI=1S/C9H15N/c1-2-3-4-5-8-6-9(8)7-10/h8-9H,2-6H2,1H3. The predicted molar refractivity (Wildman–Crippen MR) is 41.4 cm³/mol. The fourth-order valence-electron chi connectivity index (χ4n) is 1.38. The molecule has 0 aromatic carbocycles. The van der Waals surface area contributed by atoms with Crippen molar-refractivity contribution in [3.05, 3.63) is 0 Å². The van der Waals surface area contributed by atoms with Gasteiger partial charge in [0.2, 0.25) is 0 Å². The third kappa shape index (κ3) is 2.02. The Bertz CT molecular complexity index is 134. The molecular weight excluding hydrogens is 122 g/mol. The maximum atomic E-state index is 8.48. The molecule has 1 heteroatoms. The lowest BCUT2D eigenvalue weighted by atomic mass is 10.1. The highest BCUT2D eigenvalue weighted by Gasteiger charge is 2.35. The van der Waals surface area contributed by atoms with Crippen LogP contribution >= 0.6 is 0 Å². The highest BCUT2D eigenvalue weighted by Crippen LogP contribution is 2.41. The van der Waals surface area contributed by atoms with Gasteiger partial charge in [-0.05, 0) is 18.8 Å². The van der Waals surface area contributed by atoms with Crippen LogP contribution in [0.5, 0.6) is 0 Å². The molecule has 2 atom stereocenters. The zero-order valence-electron chi connectivity index (χ0n) is 6.64. The van der Waals surface area contributed by atoms with Gasteiger partial charge in [0.25, 0.3) is 0 Å². The van der Waals surface area contributed by atoms with E-state index in [9.17, 15) is 0 Å². The number of unbranched alkanes of at least 4 members (excludes halogenated alkanes) is 2. The molecule has 0 aliphatic heterocycles. The Balaban J connectivity index is 1.93. The van der Waals surface area contributed by atoms with Crippen molar-refractivity contribution in [2.75, 3.05) is 0 Å². The first-order chi connectivity index (χ1) is 4.88. The first-order valence-corrected chi connectivity index (χ1v) is 4.28. The number of nitriles is 1. The van der Waals surface area contributed by atoms with Crippen molar-refractivity contribution in [3.63, 3.8) is 0 Å². The van der Waals surface area contributed by atoms with Gasteiger partial charge < -0.3 is 0 Å². The van der Waals surface area contributed by atoms with E-state index >= 15 is 0 Å². The summed E-state index contributed by atoms with van der Waals surface area (Å²) in [5, 5.41) is 8.48. The highest BCUT2D eigenvalue weighted by molar-refractivity contribution is 5.00. The van der Waals surface area contributed by atoms with Crippen molar-refractivity contribution >= 4 is 0 Å². The maximum absolute atomic E-state index is 8.48. The quantitative estimate of drug-likeness (QED) is 0.546. The van der Waals surface area contributed by atoms with Gasteiger partial charge in [-0.15, -0.1) is 0 Å². The van der Waals surface area contributed by atoms with Gasteiger partial charge in [-0.25, -0.2) is 0 Å². The van der Waals surface area contributed by atoms with Crippen LogP contribution in [0.4, 0.5) is 0 Å². The zero-order chi connectivity index (χ0) is 7.40. The van der Waals surface area contributed by atoms with E-state index in [2.05, 4.69) is 13.0 Å². The molecule has 56 valence electrons. The molecule has 2 unspecified atom stereocenters. The van der Waals surface area contributed by atoms with E-state index < -0.39 is 0 Å². The van der Waals surface area contributed by atoms with Crippen LogP contribution in [0.1, 0.15) is 39.0 Å². The molecule has 1 rings (SSSR count). The van der Waals surface area contributed by atoms with E-state index in [0.29, 0.717) is 5.92 Å². The van der Waals surface area contributed by atoms with Crippen LogP contribution in [0.3, 0.4) is 0 Å². The summed E-state index contributed by atoms with van der Waals surface area (Å²) in [7, 11) is 0. The van der Waals surface area contributed by atoms with E-state index in [-0.39, 0.29) is 0 Å². The highest BCUT2D eigenvalue weighted by atomic mass is 14.4. The molecular formula is C9H15N. The molecule has 1 aliphatic carbocycles. The van der Waals surface area contributed by atoms with Crippen molar-refractivity contribution < 1.29 is 0 Å². The number of nitrogens with zero attached hydrogens (tertiary/aromatic N) is 1. The lowest BCUT2D eigenvalue weighted by Gasteiger charge is -1.93. The fourth-order valence-corrected chi connectivity index (χ4v) is 1.38. The Labute approximate surface area is 63.0 Å². The summed E-state index contributed by atoms with van der Waals surface area (Å²) in [6.45, 7) is 2.22. The number of rotatable bonds is 4. The molecule has 0 heterocycles. The summed E-state index contributed by atoms with van der Waals surface area (Å²) in [5.41, 5.74) is 0. The zero-order valence-corrected chi connectivity index (χ0v) is 6.64. The van der Waals surface area contributed by atoms with Gasteiger partial charge in [0.15, 0.2) is 0 Å². The lowest BCUT2D eigenvalue weighted by molar-refractivity contribution is 0.607. The lowest BCUT2D eigenvalue weighted by Crippen LogP contribution is -1.80. The molecule has 1 aliphatic rings. The summed E-state index contributed by atoms with van der Waals surface area (Å²) in [6, 6.07) is 2.32. The van der Waals surface area contributed by atoms with Gasteiger partial charge in [0.05, 0.1) is 6.07 Å². The van der Waals surface area contributed by atoms with E-state index in [0.717, 1.165) is 5.92 Å². The summed E-state index contributed by atoms with van der Waals surface area (Å²) < 4.78 is 0. The summed E-state index contributed by atoms with van der Waals surface area (Å²) in [5.74, 6) is 1.20. The van der Waals surface area contributed by atoms with E-state index in [4.69, 9.17) is 5.26 Å². The van der Waals surface area contributed by atoms with E-state index in [1.807, 2.05) is 0 Å². The second-order valence-corrected chi connectivity index (χ2v) is 3.23. The van der Waals surface area contributed by atoms with Crippen molar-refractivity contribution in [2.45, 2.75) is 39.0 Å². The fraction of sp³-hybridized carbons (Fsp3) is 0.889. The summed E-state index contributed by atoms with van der Waals surface area (Å²) in [4.78, 5) is 0. The molecule has 0 amide bonds. The topological polar surface area (TPSA) is 23.8 Å². The molecule has 0 saturated heterocycles. The third-order valence-corrected chi connectivity index (χ3v) is 2.27. The Hall–Kier alpha value is -0.510. The second kappa shape index (κ2) is 3.61. The smallest absolute Gasteiger partial charge is 0.0658 e. The largest absolute Gasteiger partial charge is 0.198 e. The van der Waals surface area contributed by atoms with Gasteiger partial charge >= 0.3 is 0 Å². The molecule has 1 fully saturated rings. The Kier molecular flexibility index (Phi) is 2.74. The molecule has 0 aromatic rings. The summed E-state index contributed by atoms with van der Waals surface area (Å²) in [6.07, 6.45) is 6.45.